The van der Waals surface area contributed by atoms with Crippen LogP contribution < -0.4 is 0 Å². The van der Waals surface area contributed by atoms with Crippen molar-refractivity contribution in [3.8, 4) is 0 Å². The summed E-state index contributed by atoms with van der Waals surface area (Å²) in [7, 11) is 0. The predicted molar refractivity (Wildman–Crippen MR) is 59.5 cm³/mol. The van der Waals surface area contributed by atoms with E-state index in [2.05, 4.69) is 6.07 Å². The Morgan fingerprint density at radius 2 is 1.94 bits per heavy atom. The molecule has 0 heterocycles. The third-order valence-corrected chi connectivity index (χ3v) is 2.69. The van der Waals surface area contributed by atoms with Gasteiger partial charge in [0.2, 0.25) is 0 Å². The topological polar surface area (TPSA) is 20.2 Å². The summed E-state index contributed by atoms with van der Waals surface area (Å²) in [5, 5.41) is 9.07. The van der Waals surface area contributed by atoms with Crippen LogP contribution >= 0.6 is 0 Å². The highest BCUT2D eigenvalue weighted by atomic mass is 19.4. The molecule has 1 rings (SSSR count). The molecular formula is C13H16F3O. The molecule has 0 spiro atoms. The molecule has 1 N–H and O–H groups in total. The second-order valence-corrected chi connectivity index (χ2v) is 4.92. The molecular weight excluding hydrogens is 229 g/mol. The Morgan fingerprint density at radius 1 is 1.29 bits per heavy atom. The number of alkyl halides is 3. The highest BCUT2D eigenvalue weighted by Gasteiger charge is 2.30. The fraction of sp³-hybridized carbons (Fsp3) is 0.538. The summed E-state index contributed by atoms with van der Waals surface area (Å²) in [5.74, 6) is 0. The molecule has 1 aromatic carbocycles. The summed E-state index contributed by atoms with van der Waals surface area (Å²) < 4.78 is 37.4. The minimum Gasteiger partial charge on any atom is -0.396 e. The van der Waals surface area contributed by atoms with Gasteiger partial charge in [-0.25, -0.2) is 0 Å². The van der Waals surface area contributed by atoms with E-state index in [1.54, 1.807) is 0 Å². The van der Waals surface area contributed by atoms with Crippen LogP contribution in [0.25, 0.3) is 0 Å². The summed E-state index contributed by atoms with van der Waals surface area (Å²) in [4.78, 5) is 0. The van der Waals surface area contributed by atoms with E-state index >= 15 is 0 Å². The number of benzene rings is 1. The predicted octanol–water partition coefficient (Wildman–Crippen LogP) is 3.46. The van der Waals surface area contributed by atoms with Gasteiger partial charge in [-0.15, -0.1) is 0 Å². The second-order valence-electron chi connectivity index (χ2n) is 4.92. The lowest BCUT2D eigenvalue weighted by Gasteiger charge is -2.21. The van der Waals surface area contributed by atoms with Crippen LogP contribution in [0.15, 0.2) is 18.2 Å². The maximum atomic E-state index is 12.5. The number of rotatable bonds is 4. The SMILES string of the molecule is CC(C)(CO)CCc1[c]ccc(C(F)(F)F)c1. The first-order valence-electron chi connectivity index (χ1n) is 5.43. The Kier molecular flexibility index (Phi) is 4.20. The van der Waals surface area contributed by atoms with Gasteiger partial charge in [0.25, 0.3) is 0 Å². The largest absolute Gasteiger partial charge is 0.416 e. The Morgan fingerprint density at radius 3 is 2.47 bits per heavy atom. The molecule has 0 aliphatic heterocycles. The van der Waals surface area contributed by atoms with Crippen molar-refractivity contribution in [1.82, 2.24) is 0 Å². The fourth-order valence-electron chi connectivity index (χ4n) is 1.39. The number of aliphatic hydroxyl groups is 1. The van der Waals surface area contributed by atoms with E-state index in [0.717, 1.165) is 12.1 Å². The molecule has 4 heteroatoms. The molecule has 1 aromatic rings. The first-order valence-corrected chi connectivity index (χ1v) is 5.43. The van der Waals surface area contributed by atoms with Crippen molar-refractivity contribution in [3.05, 3.63) is 35.4 Å². The number of aliphatic hydroxyl groups excluding tert-OH is 1. The highest BCUT2D eigenvalue weighted by Crippen LogP contribution is 2.30. The molecule has 0 amide bonds. The molecule has 1 radical (unpaired) electrons. The lowest BCUT2D eigenvalue weighted by molar-refractivity contribution is -0.137. The van der Waals surface area contributed by atoms with Crippen LogP contribution in [-0.2, 0) is 12.6 Å². The van der Waals surface area contributed by atoms with Crippen molar-refractivity contribution >= 4 is 0 Å². The minimum atomic E-state index is -4.31. The van der Waals surface area contributed by atoms with Gasteiger partial charge in [0.1, 0.15) is 0 Å². The van der Waals surface area contributed by atoms with Crippen LogP contribution in [0.1, 0.15) is 31.4 Å². The quantitative estimate of drug-likeness (QED) is 0.861. The van der Waals surface area contributed by atoms with Crippen molar-refractivity contribution in [3.63, 3.8) is 0 Å². The molecule has 95 valence electrons. The van der Waals surface area contributed by atoms with Crippen LogP contribution in [0.3, 0.4) is 0 Å². The molecule has 0 unspecified atom stereocenters. The third kappa shape index (κ3) is 4.38. The van der Waals surface area contributed by atoms with Gasteiger partial charge >= 0.3 is 6.18 Å². The molecule has 0 aliphatic rings. The first kappa shape index (κ1) is 14.0. The van der Waals surface area contributed by atoms with Gasteiger partial charge in [-0.1, -0.05) is 19.9 Å². The molecule has 0 bridgehead atoms. The van der Waals surface area contributed by atoms with Crippen LogP contribution in [0.4, 0.5) is 13.2 Å². The van der Waals surface area contributed by atoms with E-state index in [1.165, 1.54) is 6.07 Å². The number of hydrogen-bond acceptors (Lipinski definition) is 1. The molecule has 1 nitrogen and oxygen atoms in total. The molecule has 17 heavy (non-hydrogen) atoms. The lowest BCUT2D eigenvalue weighted by Crippen LogP contribution is -2.17. The van der Waals surface area contributed by atoms with Gasteiger partial charge in [-0.05, 0) is 42.0 Å². The van der Waals surface area contributed by atoms with E-state index in [-0.39, 0.29) is 12.0 Å². The van der Waals surface area contributed by atoms with Crippen molar-refractivity contribution in [1.29, 1.82) is 0 Å². The number of aryl methyl sites for hydroxylation is 1. The summed E-state index contributed by atoms with van der Waals surface area (Å²) >= 11 is 0. The van der Waals surface area contributed by atoms with Gasteiger partial charge in [-0.2, -0.15) is 13.2 Å². The van der Waals surface area contributed by atoms with E-state index < -0.39 is 11.7 Å². The minimum absolute atomic E-state index is 0.0198. The van der Waals surface area contributed by atoms with Gasteiger partial charge in [0.15, 0.2) is 0 Å². The number of hydrogen-bond donors (Lipinski definition) is 1. The van der Waals surface area contributed by atoms with E-state index in [9.17, 15) is 13.2 Å². The Balaban J connectivity index is 2.74. The third-order valence-electron chi connectivity index (χ3n) is 2.69. The van der Waals surface area contributed by atoms with Crippen molar-refractivity contribution in [2.45, 2.75) is 32.9 Å². The van der Waals surface area contributed by atoms with Crippen LogP contribution in [0, 0.1) is 11.5 Å². The van der Waals surface area contributed by atoms with Crippen molar-refractivity contribution < 1.29 is 18.3 Å². The molecule has 0 saturated heterocycles. The smallest absolute Gasteiger partial charge is 0.396 e. The summed E-state index contributed by atoms with van der Waals surface area (Å²) in [5.41, 5.74) is -0.392. The Bertz CT molecular complexity index is 369. The van der Waals surface area contributed by atoms with Crippen LogP contribution in [0.5, 0.6) is 0 Å². The Labute approximate surface area is 99.3 Å². The summed E-state index contributed by atoms with van der Waals surface area (Å²) in [6.07, 6.45) is -3.20. The monoisotopic (exact) mass is 245 g/mol. The highest BCUT2D eigenvalue weighted by molar-refractivity contribution is 5.24. The van der Waals surface area contributed by atoms with E-state index in [1.807, 2.05) is 13.8 Å². The van der Waals surface area contributed by atoms with Gasteiger partial charge in [-0.3, -0.25) is 0 Å². The molecule has 0 saturated carbocycles. The zero-order valence-electron chi connectivity index (χ0n) is 9.93. The van der Waals surface area contributed by atoms with Crippen molar-refractivity contribution in [2.75, 3.05) is 6.61 Å². The zero-order chi connectivity index (χ0) is 13.1. The van der Waals surface area contributed by atoms with Crippen LogP contribution in [0.2, 0.25) is 0 Å². The lowest BCUT2D eigenvalue weighted by atomic mass is 9.87. The maximum absolute atomic E-state index is 12.5. The standard InChI is InChI=1S/C13H16F3O/c1-12(2,9-17)7-6-10-4-3-5-11(8-10)13(14,15)16/h3,5,8,17H,6-7,9H2,1-2H3. The summed E-state index contributed by atoms with van der Waals surface area (Å²) in [6, 6.07) is 6.22. The van der Waals surface area contributed by atoms with Gasteiger partial charge < -0.3 is 5.11 Å². The van der Waals surface area contributed by atoms with Crippen LogP contribution in [-0.4, -0.2) is 11.7 Å². The average Bonchev–Trinajstić information content (AvgIpc) is 2.26. The summed E-state index contributed by atoms with van der Waals surface area (Å²) in [6.45, 7) is 3.77. The zero-order valence-corrected chi connectivity index (χ0v) is 9.93. The average molecular weight is 245 g/mol. The van der Waals surface area contributed by atoms with E-state index in [4.69, 9.17) is 5.11 Å². The molecule has 0 aromatic heterocycles. The fourth-order valence-corrected chi connectivity index (χ4v) is 1.39. The normalized spacial score (nSPS) is 12.8. The van der Waals surface area contributed by atoms with Gasteiger partial charge in [0, 0.05) is 6.61 Å². The number of halogens is 3. The van der Waals surface area contributed by atoms with Gasteiger partial charge in [0.05, 0.1) is 5.56 Å². The maximum Gasteiger partial charge on any atom is 0.416 e. The second kappa shape index (κ2) is 5.08. The van der Waals surface area contributed by atoms with E-state index in [0.29, 0.717) is 18.4 Å². The first-order chi connectivity index (χ1) is 7.74. The molecule has 0 fully saturated rings. The molecule has 0 atom stereocenters. The molecule has 0 aliphatic carbocycles. The Hall–Kier alpha value is -1.03. The van der Waals surface area contributed by atoms with Crippen molar-refractivity contribution in [2.24, 2.45) is 5.41 Å².